The van der Waals surface area contributed by atoms with Gasteiger partial charge in [-0.15, -0.1) is 0 Å². The molecule has 1 N–H and O–H groups in total. The van der Waals surface area contributed by atoms with Crippen LogP contribution >= 0.6 is 0 Å². The number of hydrogen-bond donors (Lipinski definition) is 1. The summed E-state index contributed by atoms with van der Waals surface area (Å²) in [5, 5.41) is 8.57. The Bertz CT molecular complexity index is 592. The number of aliphatic carboxylic acids is 1. The fourth-order valence-corrected chi connectivity index (χ4v) is 2.01. The summed E-state index contributed by atoms with van der Waals surface area (Å²) in [5.41, 5.74) is 4.79. The van der Waals surface area contributed by atoms with Crippen LogP contribution in [-0.2, 0) is 17.6 Å². The molecule has 2 nitrogen and oxygen atoms in total. The van der Waals surface area contributed by atoms with Gasteiger partial charge in [0.05, 0.1) is 0 Å². The van der Waals surface area contributed by atoms with E-state index in [1.54, 1.807) is 6.08 Å². The van der Waals surface area contributed by atoms with E-state index in [1.807, 2.05) is 12.1 Å². The molecule has 0 atom stereocenters. The predicted molar refractivity (Wildman–Crippen MR) is 81.7 cm³/mol. The van der Waals surface area contributed by atoms with Crippen LogP contribution in [-0.4, -0.2) is 11.1 Å². The zero-order valence-corrected chi connectivity index (χ0v) is 11.5. The second-order valence-electron chi connectivity index (χ2n) is 4.90. The SMILES string of the molecule is Cc1ccc(CCc2ccc(C=CC(=O)O)cc2)cc1. The molecule has 0 fully saturated rings. The van der Waals surface area contributed by atoms with Crippen LogP contribution in [0.1, 0.15) is 22.3 Å². The maximum absolute atomic E-state index is 10.4. The third-order valence-corrected chi connectivity index (χ3v) is 3.22. The van der Waals surface area contributed by atoms with E-state index in [1.165, 1.54) is 16.7 Å². The van der Waals surface area contributed by atoms with E-state index in [9.17, 15) is 4.79 Å². The van der Waals surface area contributed by atoms with Crippen molar-refractivity contribution in [2.45, 2.75) is 19.8 Å². The predicted octanol–water partition coefficient (Wildman–Crippen LogP) is 3.88. The van der Waals surface area contributed by atoms with Crippen LogP contribution < -0.4 is 0 Å². The molecule has 0 aliphatic heterocycles. The van der Waals surface area contributed by atoms with Crippen molar-refractivity contribution in [1.29, 1.82) is 0 Å². The largest absolute Gasteiger partial charge is 0.478 e. The molecule has 2 rings (SSSR count). The van der Waals surface area contributed by atoms with Crippen LogP contribution in [0.2, 0.25) is 0 Å². The van der Waals surface area contributed by atoms with Crippen LogP contribution in [0.15, 0.2) is 54.6 Å². The van der Waals surface area contributed by atoms with Gasteiger partial charge >= 0.3 is 5.97 Å². The molecule has 0 amide bonds. The summed E-state index contributed by atoms with van der Waals surface area (Å²) in [6.07, 6.45) is 4.77. The first kappa shape index (κ1) is 14.1. The van der Waals surface area contributed by atoms with Gasteiger partial charge in [-0.05, 0) is 42.5 Å². The standard InChI is InChI=1S/C18H18O2/c1-14-2-4-15(5-3-14)6-7-16-8-10-17(11-9-16)12-13-18(19)20/h2-5,8-13H,6-7H2,1H3,(H,19,20). The van der Waals surface area contributed by atoms with Crippen molar-refractivity contribution in [3.8, 4) is 0 Å². The Kier molecular flexibility index (Phi) is 4.72. The van der Waals surface area contributed by atoms with E-state index in [0.29, 0.717) is 0 Å². The smallest absolute Gasteiger partial charge is 0.328 e. The fourth-order valence-electron chi connectivity index (χ4n) is 2.01. The van der Waals surface area contributed by atoms with Gasteiger partial charge in [0.15, 0.2) is 0 Å². The molecule has 0 radical (unpaired) electrons. The molecular formula is C18H18O2. The molecule has 2 aromatic carbocycles. The lowest BCUT2D eigenvalue weighted by Gasteiger charge is -2.03. The Hall–Kier alpha value is -2.35. The molecule has 20 heavy (non-hydrogen) atoms. The van der Waals surface area contributed by atoms with Crippen molar-refractivity contribution in [2.75, 3.05) is 0 Å². The lowest BCUT2D eigenvalue weighted by atomic mass is 10.0. The summed E-state index contributed by atoms with van der Waals surface area (Å²) in [4.78, 5) is 10.4. The van der Waals surface area contributed by atoms with E-state index in [2.05, 4.69) is 43.3 Å². The Balaban J connectivity index is 1.93. The second kappa shape index (κ2) is 6.71. The summed E-state index contributed by atoms with van der Waals surface area (Å²) < 4.78 is 0. The Morgan fingerprint density at radius 2 is 1.45 bits per heavy atom. The molecular weight excluding hydrogens is 248 g/mol. The van der Waals surface area contributed by atoms with E-state index in [-0.39, 0.29) is 0 Å². The van der Waals surface area contributed by atoms with Gasteiger partial charge in [0.1, 0.15) is 0 Å². The summed E-state index contributed by atoms with van der Waals surface area (Å²) in [6.45, 7) is 2.09. The molecule has 102 valence electrons. The number of aryl methyl sites for hydroxylation is 3. The molecule has 0 heterocycles. The van der Waals surface area contributed by atoms with Crippen molar-refractivity contribution < 1.29 is 9.90 Å². The minimum absolute atomic E-state index is 0.909. The third kappa shape index (κ3) is 4.39. The number of carbonyl (C=O) groups is 1. The average Bonchev–Trinajstić information content (AvgIpc) is 2.45. The zero-order valence-electron chi connectivity index (χ0n) is 11.5. The highest BCUT2D eigenvalue weighted by molar-refractivity contribution is 5.85. The first-order valence-electron chi connectivity index (χ1n) is 6.69. The molecule has 0 aliphatic carbocycles. The Morgan fingerprint density at radius 3 is 1.95 bits per heavy atom. The fraction of sp³-hybridized carbons (Fsp3) is 0.167. The first-order valence-corrected chi connectivity index (χ1v) is 6.69. The van der Waals surface area contributed by atoms with E-state index < -0.39 is 5.97 Å². The van der Waals surface area contributed by atoms with Gasteiger partial charge in [-0.3, -0.25) is 0 Å². The molecule has 0 saturated heterocycles. The molecule has 2 aromatic rings. The van der Waals surface area contributed by atoms with Gasteiger partial charge in [0.2, 0.25) is 0 Å². The van der Waals surface area contributed by atoms with E-state index >= 15 is 0 Å². The average molecular weight is 266 g/mol. The summed E-state index contributed by atoms with van der Waals surface area (Å²) in [7, 11) is 0. The zero-order chi connectivity index (χ0) is 14.4. The molecule has 0 aromatic heterocycles. The van der Waals surface area contributed by atoms with Crippen molar-refractivity contribution in [3.63, 3.8) is 0 Å². The molecule has 0 bridgehead atoms. The maximum atomic E-state index is 10.4. The van der Waals surface area contributed by atoms with Gasteiger partial charge in [-0.25, -0.2) is 4.79 Å². The van der Waals surface area contributed by atoms with Gasteiger partial charge in [0, 0.05) is 6.08 Å². The summed E-state index contributed by atoms with van der Waals surface area (Å²) in [5.74, 6) is -0.923. The number of carboxylic acid groups (broad SMARTS) is 1. The number of hydrogen-bond acceptors (Lipinski definition) is 1. The monoisotopic (exact) mass is 266 g/mol. The number of rotatable bonds is 5. The minimum Gasteiger partial charge on any atom is -0.478 e. The normalized spacial score (nSPS) is 10.8. The van der Waals surface area contributed by atoms with Gasteiger partial charge in [0.25, 0.3) is 0 Å². The van der Waals surface area contributed by atoms with E-state index in [4.69, 9.17) is 5.11 Å². The topological polar surface area (TPSA) is 37.3 Å². The first-order chi connectivity index (χ1) is 9.63. The molecule has 0 unspecified atom stereocenters. The molecule has 0 saturated carbocycles. The summed E-state index contributed by atoms with van der Waals surface area (Å²) in [6, 6.07) is 16.6. The summed E-state index contributed by atoms with van der Waals surface area (Å²) >= 11 is 0. The lowest BCUT2D eigenvalue weighted by molar-refractivity contribution is -0.131. The quantitative estimate of drug-likeness (QED) is 0.834. The molecule has 2 heteroatoms. The Labute approximate surface area is 119 Å². The number of benzene rings is 2. The van der Waals surface area contributed by atoms with Gasteiger partial charge < -0.3 is 5.11 Å². The maximum Gasteiger partial charge on any atom is 0.328 e. The van der Waals surface area contributed by atoms with E-state index in [0.717, 1.165) is 24.5 Å². The van der Waals surface area contributed by atoms with Gasteiger partial charge in [-0.2, -0.15) is 0 Å². The number of carboxylic acids is 1. The van der Waals surface area contributed by atoms with Crippen molar-refractivity contribution in [2.24, 2.45) is 0 Å². The van der Waals surface area contributed by atoms with Crippen molar-refractivity contribution >= 4 is 12.0 Å². The van der Waals surface area contributed by atoms with Crippen LogP contribution in [0, 0.1) is 6.92 Å². The Morgan fingerprint density at radius 1 is 0.950 bits per heavy atom. The highest BCUT2D eigenvalue weighted by atomic mass is 16.4. The van der Waals surface area contributed by atoms with Crippen molar-refractivity contribution in [1.82, 2.24) is 0 Å². The molecule has 0 spiro atoms. The minimum atomic E-state index is -0.923. The lowest BCUT2D eigenvalue weighted by Crippen LogP contribution is -1.91. The van der Waals surface area contributed by atoms with Crippen LogP contribution in [0.4, 0.5) is 0 Å². The highest BCUT2D eigenvalue weighted by Crippen LogP contribution is 2.11. The third-order valence-electron chi connectivity index (χ3n) is 3.22. The molecule has 0 aliphatic rings. The highest BCUT2D eigenvalue weighted by Gasteiger charge is 1.97. The van der Waals surface area contributed by atoms with Crippen LogP contribution in [0.5, 0.6) is 0 Å². The van der Waals surface area contributed by atoms with Crippen LogP contribution in [0.25, 0.3) is 6.08 Å². The van der Waals surface area contributed by atoms with Crippen LogP contribution in [0.3, 0.4) is 0 Å². The van der Waals surface area contributed by atoms with Crippen molar-refractivity contribution in [3.05, 3.63) is 76.9 Å². The van der Waals surface area contributed by atoms with Gasteiger partial charge in [-0.1, -0.05) is 54.1 Å². The second-order valence-corrected chi connectivity index (χ2v) is 4.90.